The van der Waals surface area contributed by atoms with Crippen molar-refractivity contribution in [2.75, 3.05) is 33.4 Å². The Morgan fingerprint density at radius 1 is 1.25 bits per heavy atom. The minimum atomic E-state index is 0.718. The molecule has 0 saturated carbocycles. The van der Waals surface area contributed by atoms with Gasteiger partial charge in [0, 0.05) is 25.7 Å². The van der Waals surface area contributed by atoms with E-state index in [9.17, 15) is 0 Å². The summed E-state index contributed by atoms with van der Waals surface area (Å²) >= 11 is 0. The van der Waals surface area contributed by atoms with E-state index in [1.54, 1.807) is 7.11 Å². The second-order valence-corrected chi connectivity index (χ2v) is 4.79. The SMILES string of the molecule is CCC(CC)NC1CCN(CCOC)CC1. The van der Waals surface area contributed by atoms with E-state index in [1.165, 1.54) is 38.8 Å². The van der Waals surface area contributed by atoms with Gasteiger partial charge in [-0.25, -0.2) is 0 Å². The molecule has 1 aliphatic rings. The average molecular weight is 228 g/mol. The smallest absolute Gasteiger partial charge is 0.0589 e. The van der Waals surface area contributed by atoms with E-state index in [0.29, 0.717) is 0 Å². The van der Waals surface area contributed by atoms with Gasteiger partial charge in [0.05, 0.1) is 6.61 Å². The number of ether oxygens (including phenoxy) is 1. The number of hydrogen-bond acceptors (Lipinski definition) is 3. The number of likely N-dealkylation sites (tertiary alicyclic amines) is 1. The maximum absolute atomic E-state index is 5.11. The van der Waals surface area contributed by atoms with E-state index in [0.717, 1.165) is 25.2 Å². The molecule has 1 rings (SSSR count). The van der Waals surface area contributed by atoms with Crippen LogP contribution in [0.2, 0.25) is 0 Å². The highest BCUT2D eigenvalue weighted by atomic mass is 16.5. The van der Waals surface area contributed by atoms with Gasteiger partial charge in [-0.15, -0.1) is 0 Å². The van der Waals surface area contributed by atoms with Crippen molar-refractivity contribution in [3.8, 4) is 0 Å². The van der Waals surface area contributed by atoms with Crippen LogP contribution in [-0.4, -0.2) is 50.3 Å². The fourth-order valence-electron chi connectivity index (χ4n) is 2.40. The van der Waals surface area contributed by atoms with Gasteiger partial charge in [-0.05, 0) is 38.8 Å². The third kappa shape index (κ3) is 4.81. The Bertz CT molecular complexity index is 163. The van der Waals surface area contributed by atoms with Crippen molar-refractivity contribution in [1.82, 2.24) is 10.2 Å². The van der Waals surface area contributed by atoms with Gasteiger partial charge in [-0.2, -0.15) is 0 Å². The maximum atomic E-state index is 5.11. The lowest BCUT2D eigenvalue weighted by molar-refractivity contribution is 0.124. The Labute approximate surface area is 101 Å². The fraction of sp³-hybridized carbons (Fsp3) is 1.00. The Kier molecular flexibility index (Phi) is 7.01. The first-order chi connectivity index (χ1) is 7.80. The largest absolute Gasteiger partial charge is 0.383 e. The van der Waals surface area contributed by atoms with Crippen LogP contribution in [0.3, 0.4) is 0 Å². The molecule has 0 aromatic rings. The van der Waals surface area contributed by atoms with Crippen LogP contribution in [0, 0.1) is 0 Å². The summed E-state index contributed by atoms with van der Waals surface area (Å²) in [6, 6.07) is 1.46. The van der Waals surface area contributed by atoms with E-state index >= 15 is 0 Å². The third-order valence-corrected chi connectivity index (χ3v) is 3.66. The van der Waals surface area contributed by atoms with Crippen molar-refractivity contribution < 1.29 is 4.74 Å². The minimum absolute atomic E-state index is 0.718. The molecule has 0 bridgehead atoms. The van der Waals surface area contributed by atoms with Crippen LogP contribution < -0.4 is 5.32 Å². The molecule has 0 aromatic heterocycles. The highest BCUT2D eigenvalue weighted by Crippen LogP contribution is 2.12. The van der Waals surface area contributed by atoms with Gasteiger partial charge in [-0.1, -0.05) is 13.8 Å². The first kappa shape index (κ1) is 13.9. The van der Waals surface area contributed by atoms with E-state index in [-0.39, 0.29) is 0 Å². The molecule has 0 amide bonds. The second kappa shape index (κ2) is 8.04. The first-order valence-electron chi connectivity index (χ1n) is 6.77. The minimum Gasteiger partial charge on any atom is -0.383 e. The molecule has 3 nitrogen and oxygen atoms in total. The van der Waals surface area contributed by atoms with Gasteiger partial charge in [-0.3, -0.25) is 0 Å². The summed E-state index contributed by atoms with van der Waals surface area (Å²) in [7, 11) is 1.78. The molecule has 0 aromatic carbocycles. The molecule has 1 aliphatic heterocycles. The lowest BCUT2D eigenvalue weighted by Gasteiger charge is -2.34. The molecule has 3 heteroatoms. The summed E-state index contributed by atoms with van der Waals surface area (Å²) in [5.74, 6) is 0. The maximum Gasteiger partial charge on any atom is 0.0589 e. The Morgan fingerprint density at radius 2 is 1.88 bits per heavy atom. The highest BCUT2D eigenvalue weighted by molar-refractivity contribution is 4.79. The van der Waals surface area contributed by atoms with Gasteiger partial charge >= 0.3 is 0 Å². The number of hydrogen-bond donors (Lipinski definition) is 1. The number of nitrogens with zero attached hydrogens (tertiary/aromatic N) is 1. The summed E-state index contributed by atoms with van der Waals surface area (Å²) in [4.78, 5) is 2.51. The summed E-state index contributed by atoms with van der Waals surface area (Å²) in [5, 5.41) is 3.77. The fourth-order valence-corrected chi connectivity index (χ4v) is 2.40. The van der Waals surface area contributed by atoms with E-state index in [1.807, 2.05) is 0 Å². The lowest BCUT2D eigenvalue weighted by Crippen LogP contribution is -2.46. The monoisotopic (exact) mass is 228 g/mol. The molecule has 1 N–H and O–H groups in total. The Balaban J connectivity index is 2.16. The molecule has 0 atom stereocenters. The van der Waals surface area contributed by atoms with Crippen molar-refractivity contribution >= 4 is 0 Å². The quantitative estimate of drug-likeness (QED) is 0.720. The molecule has 96 valence electrons. The molecule has 0 aliphatic carbocycles. The number of rotatable bonds is 7. The molecule has 16 heavy (non-hydrogen) atoms. The number of methoxy groups -OCH3 is 1. The first-order valence-corrected chi connectivity index (χ1v) is 6.77. The summed E-state index contributed by atoms with van der Waals surface area (Å²) in [5.41, 5.74) is 0. The van der Waals surface area contributed by atoms with Gasteiger partial charge in [0.15, 0.2) is 0 Å². The predicted molar refractivity (Wildman–Crippen MR) is 68.8 cm³/mol. The van der Waals surface area contributed by atoms with Gasteiger partial charge in [0.1, 0.15) is 0 Å². The standard InChI is InChI=1S/C13H28N2O/c1-4-12(5-2)14-13-6-8-15(9-7-13)10-11-16-3/h12-14H,4-11H2,1-3H3. The summed E-state index contributed by atoms with van der Waals surface area (Å²) in [6.07, 6.45) is 5.08. The normalized spacial score (nSPS) is 19.5. The van der Waals surface area contributed by atoms with Crippen LogP contribution in [0.15, 0.2) is 0 Å². The zero-order valence-corrected chi connectivity index (χ0v) is 11.2. The van der Waals surface area contributed by atoms with Crippen molar-refractivity contribution in [3.63, 3.8) is 0 Å². The van der Waals surface area contributed by atoms with Crippen molar-refractivity contribution in [1.29, 1.82) is 0 Å². The van der Waals surface area contributed by atoms with Crippen LogP contribution in [-0.2, 0) is 4.74 Å². The molecule has 1 heterocycles. The predicted octanol–water partition coefficient (Wildman–Crippen LogP) is 1.88. The molecule has 1 fully saturated rings. The average Bonchev–Trinajstić information content (AvgIpc) is 2.35. The second-order valence-electron chi connectivity index (χ2n) is 4.79. The molecule has 0 unspecified atom stereocenters. The van der Waals surface area contributed by atoms with Crippen LogP contribution in [0.4, 0.5) is 0 Å². The Hall–Kier alpha value is -0.120. The van der Waals surface area contributed by atoms with Crippen molar-refractivity contribution in [3.05, 3.63) is 0 Å². The van der Waals surface area contributed by atoms with Gasteiger partial charge in [0.2, 0.25) is 0 Å². The van der Waals surface area contributed by atoms with Crippen LogP contribution in [0.1, 0.15) is 39.5 Å². The topological polar surface area (TPSA) is 24.5 Å². The molecule has 0 spiro atoms. The highest BCUT2D eigenvalue weighted by Gasteiger charge is 2.20. The zero-order valence-electron chi connectivity index (χ0n) is 11.2. The zero-order chi connectivity index (χ0) is 11.8. The van der Waals surface area contributed by atoms with E-state index < -0.39 is 0 Å². The molecule has 1 saturated heterocycles. The third-order valence-electron chi connectivity index (χ3n) is 3.66. The van der Waals surface area contributed by atoms with E-state index in [2.05, 4.69) is 24.1 Å². The number of piperidine rings is 1. The van der Waals surface area contributed by atoms with Gasteiger partial charge in [0.25, 0.3) is 0 Å². The summed E-state index contributed by atoms with van der Waals surface area (Å²) in [6.45, 7) is 8.95. The summed E-state index contributed by atoms with van der Waals surface area (Å²) < 4.78 is 5.11. The number of nitrogens with one attached hydrogen (secondary N) is 1. The van der Waals surface area contributed by atoms with Crippen LogP contribution in [0.5, 0.6) is 0 Å². The van der Waals surface area contributed by atoms with Crippen molar-refractivity contribution in [2.45, 2.75) is 51.6 Å². The van der Waals surface area contributed by atoms with Crippen LogP contribution >= 0.6 is 0 Å². The molecular formula is C13H28N2O. The molecule has 0 radical (unpaired) electrons. The van der Waals surface area contributed by atoms with Crippen molar-refractivity contribution in [2.24, 2.45) is 0 Å². The lowest BCUT2D eigenvalue weighted by atomic mass is 10.0. The van der Waals surface area contributed by atoms with Crippen LogP contribution in [0.25, 0.3) is 0 Å². The molecular weight excluding hydrogens is 200 g/mol. The Morgan fingerprint density at radius 3 is 2.38 bits per heavy atom. The van der Waals surface area contributed by atoms with Gasteiger partial charge < -0.3 is 15.0 Å². The van der Waals surface area contributed by atoms with E-state index in [4.69, 9.17) is 4.74 Å².